The van der Waals surface area contributed by atoms with Gasteiger partial charge >= 0.3 is 17.9 Å². The predicted molar refractivity (Wildman–Crippen MR) is 256 cm³/mol. The van der Waals surface area contributed by atoms with E-state index >= 15 is 0 Å². The maximum atomic E-state index is 12.7. The molecule has 0 N–H and O–H groups in total. The summed E-state index contributed by atoms with van der Waals surface area (Å²) in [4.78, 5) is 37.7. The molecular formula is C54H94O6. The quantitative estimate of drug-likeness (QED) is 0.0263. The van der Waals surface area contributed by atoms with Crippen molar-refractivity contribution in [3.8, 4) is 0 Å². The minimum absolute atomic E-state index is 0.0866. The Morgan fingerprint density at radius 1 is 0.350 bits per heavy atom. The molecule has 0 amide bonds. The fraction of sp³-hybridized carbons (Fsp3) is 0.759. The Kier molecular flexibility index (Phi) is 46.4. The van der Waals surface area contributed by atoms with Crippen molar-refractivity contribution >= 4 is 17.9 Å². The minimum atomic E-state index is -0.785. The summed E-state index contributed by atoms with van der Waals surface area (Å²) < 4.78 is 16.6. The van der Waals surface area contributed by atoms with Gasteiger partial charge in [-0.3, -0.25) is 14.4 Å². The molecule has 0 fully saturated rings. The van der Waals surface area contributed by atoms with E-state index in [1.807, 2.05) is 0 Å². The molecule has 0 aromatic heterocycles. The summed E-state index contributed by atoms with van der Waals surface area (Å²) in [5, 5.41) is 0. The molecule has 0 saturated carbocycles. The van der Waals surface area contributed by atoms with Gasteiger partial charge in [-0.05, 0) is 83.5 Å². The van der Waals surface area contributed by atoms with Gasteiger partial charge in [-0.1, -0.05) is 204 Å². The number of ether oxygens (including phenoxy) is 3. The molecule has 0 saturated heterocycles. The minimum Gasteiger partial charge on any atom is -0.462 e. The van der Waals surface area contributed by atoms with Gasteiger partial charge in [0, 0.05) is 19.3 Å². The van der Waals surface area contributed by atoms with Gasteiger partial charge in [0.15, 0.2) is 6.10 Å². The number of carbonyl (C=O) groups excluding carboxylic acids is 3. The van der Waals surface area contributed by atoms with E-state index in [2.05, 4.69) is 81.5 Å². The lowest BCUT2D eigenvalue weighted by Gasteiger charge is -2.18. The molecule has 0 aliphatic heterocycles. The molecule has 1 atom stereocenters. The number of allylic oxidation sites excluding steroid dienone is 10. The highest BCUT2D eigenvalue weighted by Crippen LogP contribution is 2.14. The van der Waals surface area contributed by atoms with E-state index in [0.29, 0.717) is 19.3 Å². The third-order valence-electron chi connectivity index (χ3n) is 10.8. The Bertz CT molecular complexity index is 1100. The van der Waals surface area contributed by atoms with Crippen molar-refractivity contribution in [3.63, 3.8) is 0 Å². The third kappa shape index (κ3) is 46.2. The van der Waals surface area contributed by atoms with Gasteiger partial charge in [-0.2, -0.15) is 0 Å². The van der Waals surface area contributed by atoms with Gasteiger partial charge in [0.05, 0.1) is 0 Å². The van der Waals surface area contributed by atoms with Crippen molar-refractivity contribution < 1.29 is 28.6 Å². The first-order chi connectivity index (χ1) is 29.5. The van der Waals surface area contributed by atoms with Crippen LogP contribution in [-0.4, -0.2) is 37.2 Å². The average molecular weight is 839 g/mol. The number of hydrogen-bond acceptors (Lipinski definition) is 6. The molecular weight excluding hydrogens is 745 g/mol. The third-order valence-corrected chi connectivity index (χ3v) is 10.8. The highest BCUT2D eigenvalue weighted by atomic mass is 16.6. The summed E-state index contributed by atoms with van der Waals surface area (Å²) in [5.74, 6) is -0.927. The van der Waals surface area contributed by atoms with Crippen LogP contribution in [0, 0.1) is 0 Å². The maximum Gasteiger partial charge on any atom is 0.306 e. The largest absolute Gasteiger partial charge is 0.462 e. The zero-order valence-electron chi connectivity index (χ0n) is 39.5. The zero-order valence-corrected chi connectivity index (χ0v) is 39.5. The normalized spacial score (nSPS) is 12.5. The first-order valence-corrected chi connectivity index (χ1v) is 25.3. The highest BCUT2D eigenvalue weighted by Gasteiger charge is 2.19. The van der Waals surface area contributed by atoms with Crippen LogP contribution in [0.2, 0.25) is 0 Å². The molecule has 60 heavy (non-hydrogen) atoms. The van der Waals surface area contributed by atoms with Crippen LogP contribution >= 0.6 is 0 Å². The van der Waals surface area contributed by atoms with E-state index in [9.17, 15) is 14.4 Å². The van der Waals surface area contributed by atoms with Crippen LogP contribution in [0.1, 0.15) is 245 Å². The summed E-state index contributed by atoms with van der Waals surface area (Å²) in [6, 6.07) is 0. The Morgan fingerprint density at radius 3 is 1.03 bits per heavy atom. The maximum absolute atomic E-state index is 12.7. The fourth-order valence-electron chi connectivity index (χ4n) is 6.96. The van der Waals surface area contributed by atoms with Gasteiger partial charge in [-0.15, -0.1) is 0 Å². The van der Waals surface area contributed by atoms with Crippen LogP contribution in [0.15, 0.2) is 60.8 Å². The smallest absolute Gasteiger partial charge is 0.306 e. The second-order valence-corrected chi connectivity index (χ2v) is 16.7. The lowest BCUT2D eigenvalue weighted by Crippen LogP contribution is -2.30. The molecule has 6 nitrogen and oxygen atoms in total. The molecule has 0 heterocycles. The summed E-state index contributed by atoms with van der Waals surface area (Å²) in [7, 11) is 0. The molecule has 0 rings (SSSR count). The average Bonchev–Trinajstić information content (AvgIpc) is 3.24. The SMILES string of the molecule is CC/C=C\C/C=C\C/C=C\CCCCCC(=O)OC(COC(=O)CCCCCCCC)COC(=O)CCCCCCCCCCCCC/C=C\C/C=C\CCCCCCC. The molecule has 6 heteroatoms. The van der Waals surface area contributed by atoms with Crippen molar-refractivity contribution in [1.29, 1.82) is 0 Å². The second kappa shape index (κ2) is 48.8. The molecule has 0 aromatic rings. The predicted octanol–water partition coefficient (Wildman–Crippen LogP) is 16.5. The monoisotopic (exact) mass is 839 g/mol. The van der Waals surface area contributed by atoms with Crippen molar-refractivity contribution in [2.45, 2.75) is 252 Å². The van der Waals surface area contributed by atoms with E-state index in [-0.39, 0.29) is 31.1 Å². The lowest BCUT2D eigenvalue weighted by atomic mass is 10.0. The summed E-state index contributed by atoms with van der Waals surface area (Å²) in [6.07, 6.45) is 59.5. The van der Waals surface area contributed by atoms with Gasteiger partial charge in [-0.25, -0.2) is 0 Å². The Labute approximate surface area is 370 Å². The molecule has 0 aliphatic carbocycles. The number of unbranched alkanes of at least 4 members (excludes halogenated alkanes) is 24. The van der Waals surface area contributed by atoms with Crippen molar-refractivity contribution in [2.24, 2.45) is 0 Å². The second-order valence-electron chi connectivity index (χ2n) is 16.7. The number of rotatable bonds is 45. The molecule has 0 aromatic carbocycles. The summed E-state index contributed by atoms with van der Waals surface area (Å²) >= 11 is 0. The Balaban J connectivity index is 4.17. The number of esters is 3. The van der Waals surface area contributed by atoms with Gasteiger partial charge in [0.1, 0.15) is 13.2 Å². The first kappa shape index (κ1) is 57.1. The molecule has 1 unspecified atom stereocenters. The fourth-order valence-corrected chi connectivity index (χ4v) is 6.96. The van der Waals surface area contributed by atoms with Gasteiger partial charge in [0.25, 0.3) is 0 Å². The molecule has 0 bridgehead atoms. The van der Waals surface area contributed by atoms with Crippen molar-refractivity contribution in [2.75, 3.05) is 13.2 Å². The van der Waals surface area contributed by atoms with Crippen molar-refractivity contribution in [3.05, 3.63) is 60.8 Å². The van der Waals surface area contributed by atoms with Gasteiger partial charge < -0.3 is 14.2 Å². The number of hydrogen-bond donors (Lipinski definition) is 0. The highest BCUT2D eigenvalue weighted by molar-refractivity contribution is 5.71. The summed E-state index contributed by atoms with van der Waals surface area (Å²) in [6.45, 7) is 6.43. The van der Waals surface area contributed by atoms with E-state index < -0.39 is 6.10 Å². The number of carbonyl (C=O) groups is 3. The lowest BCUT2D eigenvalue weighted by molar-refractivity contribution is -0.167. The van der Waals surface area contributed by atoms with E-state index in [1.165, 1.54) is 116 Å². The van der Waals surface area contributed by atoms with Crippen LogP contribution in [0.5, 0.6) is 0 Å². The van der Waals surface area contributed by atoms with E-state index in [1.54, 1.807) is 0 Å². The first-order valence-electron chi connectivity index (χ1n) is 25.3. The van der Waals surface area contributed by atoms with E-state index in [0.717, 1.165) is 89.9 Å². The zero-order chi connectivity index (χ0) is 43.7. The van der Waals surface area contributed by atoms with Crippen LogP contribution < -0.4 is 0 Å². The molecule has 0 spiro atoms. The van der Waals surface area contributed by atoms with Crippen molar-refractivity contribution in [1.82, 2.24) is 0 Å². The van der Waals surface area contributed by atoms with Gasteiger partial charge in [0.2, 0.25) is 0 Å². The molecule has 346 valence electrons. The Morgan fingerprint density at radius 2 is 0.650 bits per heavy atom. The Hall–Kier alpha value is -2.89. The topological polar surface area (TPSA) is 78.9 Å². The van der Waals surface area contributed by atoms with Crippen LogP contribution in [0.4, 0.5) is 0 Å². The molecule has 0 aliphatic rings. The summed E-state index contributed by atoms with van der Waals surface area (Å²) in [5.41, 5.74) is 0. The van der Waals surface area contributed by atoms with Crippen LogP contribution in [0.3, 0.4) is 0 Å². The van der Waals surface area contributed by atoms with Crippen LogP contribution in [-0.2, 0) is 28.6 Å². The van der Waals surface area contributed by atoms with Crippen LogP contribution in [0.25, 0.3) is 0 Å². The standard InChI is InChI=1S/C54H94O6/c1-4-7-10-13-16-18-20-22-23-24-25-26-27-28-29-30-31-33-34-36-38-41-44-47-53(56)59-50-51(49-58-52(55)46-43-40-15-12-9-6-3)60-54(57)48-45-42-39-37-35-32-21-19-17-14-11-8-5-2/h8,11,17,19-20,22,24-25,32,35,51H,4-7,9-10,12-16,18,21,23,26-31,33-34,36-50H2,1-3H3/b11-8-,19-17-,22-20-,25-24-,35-32-. The van der Waals surface area contributed by atoms with E-state index in [4.69, 9.17) is 14.2 Å². The molecule has 0 radical (unpaired) electrons.